The lowest BCUT2D eigenvalue weighted by molar-refractivity contribution is 0.100. The molecular weight excluding hydrogens is 655 g/mol. The van der Waals surface area contributed by atoms with Gasteiger partial charge in [0.15, 0.2) is 0 Å². The van der Waals surface area contributed by atoms with E-state index in [1.54, 1.807) is 10.9 Å². The minimum Gasteiger partial charge on any atom is -0.366 e. The Bertz CT molecular complexity index is 2620. The summed E-state index contributed by atoms with van der Waals surface area (Å²) in [6, 6.07) is 49.4. The zero-order chi connectivity index (χ0) is 36.1. The number of aromatic amines is 1. The summed E-state index contributed by atoms with van der Waals surface area (Å²) in [6.07, 6.45) is 2.35. The predicted octanol–water partition coefficient (Wildman–Crippen LogP) is 8.29. The average molecular weight is 692 g/mol. The fourth-order valence-corrected chi connectivity index (χ4v) is 8.55. The van der Waals surface area contributed by atoms with Crippen LogP contribution in [0.1, 0.15) is 43.9 Å². The number of benzene rings is 6. The Hall–Kier alpha value is -6.57. The molecule has 53 heavy (non-hydrogen) atoms. The highest BCUT2D eigenvalue weighted by atomic mass is 16.1. The van der Waals surface area contributed by atoms with Gasteiger partial charge in [-0.2, -0.15) is 0 Å². The number of fused-ring (bicyclic) bond motifs is 4. The first-order valence-corrected chi connectivity index (χ1v) is 17.9. The minimum atomic E-state index is -0.605. The van der Waals surface area contributed by atoms with E-state index in [0.29, 0.717) is 23.0 Å². The van der Waals surface area contributed by atoms with Gasteiger partial charge in [0.25, 0.3) is 11.5 Å². The van der Waals surface area contributed by atoms with Gasteiger partial charge in [0, 0.05) is 30.6 Å². The lowest BCUT2D eigenvalue weighted by Crippen LogP contribution is -2.50. The monoisotopic (exact) mass is 691 g/mol. The van der Waals surface area contributed by atoms with Crippen LogP contribution < -0.4 is 11.3 Å². The number of para-hydroxylation sites is 1. The van der Waals surface area contributed by atoms with Gasteiger partial charge in [0.1, 0.15) is 6.33 Å². The quantitative estimate of drug-likeness (QED) is 0.164. The number of nitrogens with one attached hydrogen (secondary N) is 1. The van der Waals surface area contributed by atoms with Gasteiger partial charge < -0.3 is 10.7 Å². The Morgan fingerprint density at radius 3 is 2.00 bits per heavy atom. The fourth-order valence-electron chi connectivity index (χ4n) is 8.55. The molecule has 7 nitrogen and oxygen atoms in total. The number of H-pyrrole nitrogens is 1. The molecule has 0 atom stereocenters. The van der Waals surface area contributed by atoms with Crippen molar-refractivity contribution >= 4 is 27.7 Å². The Kier molecular flexibility index (Phi) is 7.86. The van der Waals surface area contributed by atoms with Crippen LogP contribution in [0.25, 0.3) is 38.6 Å². The number of nitrogens with zero attached hydrogens (tertiary/aromatic N) is 3. The van der Waals surface area contributed by atoms with Crippen molar-refractivity contribution in [3.8, 4) is 16.8 Å². The molecule has 0 radical (unpaired) electrons. The highest BCUT2D eigenvalue weighted by Crippen LogP contribution is 2.47. The first-order chi connectivity index (χ1) is 26.0. The molecule has 1 aliphatic rings. The van der Waals surface area contributed by atoms with E-state index in [2.05, 4.69) is 112 Å². The molecule has 0 aliphatic carbocycles. The van der Waals surface area contributed by atoms with Crippen LogP contribution in [0.4, 0.5) is 0 Å². The molecule has 3 N–H and O–H groups in total. The standard InChI is InChI=1S/C46H37N5O2/c1-30-34(21-13-23-41(30)51-29-48-39-22-12-11-20-36(39)45(51)53)35-24-25-37(44(47)52)43-42(35)38-28-50(27-26-40(38)49-43)46(31-14-5-2-6-15-31,32-16-7-3-8-17-32)33-18-9-4-10-19-33/h2-25,29,49H,26-28H2,1H3,(H2,47,52). The predicted molar refractivity (Wildman–Crippen MR) is 211 cm³/mol. The summed E-state index contributed by atoms with van der Waals surface area (Å²) in [5.41, 5.74) is 16.5. The van der Waals surface area contributed by atoms with E-state index < -0.39 is 11.4 Å². The van der Waals surface area contributed by atoms with E-state index in [4.69, 9.17) is 5.73 Å². The zero-order valence-electron chi connectivity index (χ0n) is 29.3. The number of carbonyl (C=O) groups is 1. The van der Waals surface area contributed by atoms with E-state index >= 15 is 0 Å². The van der Waals surface area contributed by atoms with E-state index in [-0.39, 0.29) is 5.56 Å². The van der Waals surface area contributed by atoms with Crippen LogP contribution >= 0.6 is 0 Å². The summed E-state index contributed by atoms with van der Waals surface area (Å²) in [5, 5.41) is 1.53. The first kappa shape index (κ1) is 32.3. The third kappa shape index (κ3) is 5.12. The normalized spacial score (nSPS) is 13.3. The summed E-state index contributed by atoms with van der Waals surface area (Å²) < 4.78 is 1.62. The van der Waals surface area contributed by atoms with Gasteiger partial charge >= 0.3 is 0 Å². The smallest absolute Gasteiger partial charge is 0.265 e. The van der Waals surface area contributed by atoms with Crippen LogP contribution in [0.5, 0.6) is 0 Å². The summed E-state index contributed by atoms with van der Waals surface area (Å²) in [6.45, 7) is 3.42. The molecule has 0 spiro atoms. The van der Waals surface area contributed by atoms with Crippen molar-refractivity contribution in [2.75, 3.05) is 6.54 Å². The Morgan fingerprint density at radius 1 is 0.736 bits per heavy atom. The van der Waals surface area contributed by atoms with Crippen molar-refractivity contribution in [3.05, 3.63) is 201 Å². The average Bonchev–Trinajstić information content (AvgIpc) is 3.59. The summed E-state index contributed by atoms with van der Waals surface area (Å²) in [4.78, 5) is 37.6. The number of hydrogen-bond acceptors (Lipinski definition) is 4. The second-order valence-corrected chi connectivity index (χ2v) is 13.7. The second kappa shape index (κ2) is 12.9. The minimum absolute atomic E-state index is 0.126. The van der Waals surface area contributed by atoms with Gasteiger partial charge in [-0.3, -0.25) is 19.1 Å². The molecule has 0 saturated carbocycles. The van der Waals surface area contributed by atoms with Gasteiger partial charge in [-0.05, 0) is 70.1 Å². The molecule has 258 valence electrons. The van der Waals surface area contributed by atoms with Gasteiger partial charge in [0.2, 0.25) is 0 Å². The maximum atomic E-state index is 13.8. The Labute approximate surface area is 307 Å². The molecule has 0 saturated heterocycles. The molecule has 1 aliphatic heterocycles. The van der Waals surface area contributed by atoms with Crippen molar-refractivity contribution in [3.63, 3.8) is 0 Å². The van der Waals surface area contributed by atoms with E-state index in [0.717, 1.165) is 57.5 Å². The van der Waals surface area contributed by atoms with Crippen LogP contribution in [0, 0.1) is 6.92 Å². The van der Waals surface area contributed by atoms with E-state index in [1.807, 2.05) is 55.5 Å². The van der Waals surface area contributed by atoms with Crippen LogP contribution in [-0.4, -0.2) is 31.9 Å². The molecule has 8 aromatic rings. The van der Waals surface area contributed by atoms with Gasteiger partial charge in [-0.15, -0.1) is 0 Å². The van der Waals surface area contributed by atoms with Crippen molar-refractivity contribution < 1.29 is 4.79 Å². The summed E-state index contributed by atoms with van der Waals surface area (Å²) in [5.74, 6) is -0.483. The number of amides is 1. The van der Waals surface area contributed by atoms with E-state index in [9.17, 15) is 9.59 Å². The highest BCUT2D eigenvalue weighted by molar-refractivity contribution is 6.11. The largest absolute Gasteiger partial charge is 0.366 e. The molecule has 9 rings (SSSR count). The van der Waals surface area contributed by atoms with Crippen LogP contribution in [0.3, 0.4) is 0 Å². The van der Waals surface area contributed by atoms with Crippen molar-refractivity contribution in [2.45, 2.75) is 25.4 Å². The summed E-state index contributed by atoms with van der Waals surface area (Å²) >= 11 is 0. The number of aromatic nitrogens is 3. The molecule has 1 amide bonds. The molecule has 6 aromatic carbocycles. The topological polar surface area (TPSA) is 97.0 Å². The fraction of sp³-hybridized carbons (Fsp3) is 0.109. The first-order valence-electron chi connectivity index (χ1n) is 17.9. The maximum Gasteiger partial charge on any atom is 0.265 e. The van der Waals surface area contributed by atoms with Gasteiger partial charge in [0.05, 0.1) is 33.2 Å². The molecule has 0 unspecified atom stereocenters. The Morgan fingerprint density at radius 2 is 1.36 bits per heavy atom. The third-order valence-corrected chi connectivity index (χ3v) is 11.0. The second-order valence-electron chi connectivity index (χ2n) is 13.7. The SMILES string of the molecule is Cc1c(-c2ccc(C(N)=O)c3[nH]c4c(c23)CN(C(c2ccccc2)(c2ccccc2)c2ccccc2)CC4)cccc1-n1cnc2ccccc2c1=O. The molecule has 0 fully saturated rings. The maximum absolute atomic E-state index is 13.8. The summed E-state index contributed by atoms with van der Waals surface area (Å²) in [7, 11) is 0. The lowest BCUT2D eigenvalue weighted by Gasteiger charge is -2.47. The molecule has 3 heterocycles. The number of rotatable bonds is 7. The highest BCUT2D eigenvalue weighted by Gasteiger charge is 2.44. The van der Waals surface area contributed by atoms with Crippen molar-refractivity contribution in [2.24, 2.45) is 5.73 Å². The zero-order valence-corrected chi connectivity index (χ0v) is 29.3. The van der Waals surface area contributed by atoms with Crippen molar-refractivity contribution in [1.82, 2.24) is 19.4 Å². The number of nitrogens with two attached hydrogens (primary N) is 1. The van der Waals surface area contributed by atoms with Gasteiger partial charge in [-0.1, -0.05) is 121 Å². The van der Waals surface area contributed by atoms with Gasteiger partial charge in [-0.25, -0.2) is 4.98 Å². The lowest BCUT2D eigenvalue weighted by atomic mass is 9.74. The molecule has 0 bridgehead atoms. The number of carbonyl (C=O) groups excluding carboxylic acids is 1. The van der Waals surface area contributed by atoms with Crippen LogP contribution in [0.15, 0.2) is 157 Å². The Balaban J connectivity index is 1.27. The molecule has 2 aromatic heterocycles. The van der Waals surface area contributed by atoms with Crippen LogP contribution in [-0.2, 0) is 18.5 Å². The number of hydrogen-bond donors (Lipinski definition) is 2. The van der Waals surface area contributed by atoms with Crippen molar-refractivity contribution in [1.29, 1.82) is 0 Å². The number of primary amides is 1. The third-order valence-electron chi connectivity index (χ3n) is 11.0. The molecular formula is C46H37N5O2. The van der Waals surface area contributed by atoms with E-state index in [1.165, 1.54) is 16.7 Å². The molecule has 7 heteroatoms. The van der Waals surface area contributed by atoms with Crippen LogP contribution in [0.2, 0.25) is 0 Å².